The standard InChI is InChI=1S/C23H18Cl2N2O3/c1-14-4-2-5-16(10-14)30-22-12-26-27-23(22)17-9-8-15(11-21(17)28)29-13-18-19(24)6-3-7-20(18)25/h2-12,28H,13H2,1H3,(H,26,27). The minimum absolute atomic E-state index is 0.0242. The molecule has 30 heavy (non-hydrogen) atoms. The van der Waals surface area contributed by atoms with E-state index in [-0.39, 0.29) is 12.4 Å². The van der Waals surface area contributed by atoms with Gasteiger partial charge in [0.05, 0.1) is 6.20 Å². The molecule has 152 valence electrons. The number of hydrogen-bond acceptors (Lipinski definition) is 4. The molecule has 0 radical (unpaired) electrons. The van der Waals surface area contributed by atoms with Crippen LogP contribution >= 0.6 is 23.2 Å². The molecule has 0 bridgehead atoms. The van der Waals surface area contributed by atoms with Gasteiger partial charge < -0.3 is 14.6 Å². The Hall–Kier alpha value is -3.15. The average molecular weight is 441 g/mol. The van der Waals surface area contributed by atoms with E-state index in [1.165, 1.54) is 6.07 Å². The van der Waals surface area contributed by atoms with Crippen molar-refractivity contribution in [3.05, 3.63) is 88.0 Å². The lowest BCUT2D eigenvalue weighted by Crippen LogP contribution is -1.97. The van der Waals surface area contributed by atoms with Crippen LogP contribution in [0.2, 0.25) is 10.0 Å². The van der Waals surface area contributed by atoms with Crippen molar-refractivity contribution in [2.45, 2.75) is 13.5 Å². The number of aromatic hydroxyl groups is 1. The fraction of sp³-hybridized carbons (Fsp3) is 0.0870. The second-order valence-electron chi connectivity index (χ2n) is 6.70. The maximum absolute atomic E-state index is 10.6. The summed E-state index contributed by atoms with van der Waals surface area (Å²) in [6.07, 6.45) is 1.57. The molecule has 0 fully saturated rings. The molecular weight excluding hydrogens is 423 g/mol. The normalized spacial score (nSPS) is 10.8. The lowest BCUT2D eigenvalue weighted by Gasteiger charge is -2.12. The van der Waals surface area contributed by atoms with Crippen molar-refractivity contribution >= 4 is 23.2 Å². The fourth-order valence-electron chi connectivity index (χ4n) is 2.99. The number of halogens is 2. The van der Waals surface area contributed by atoms with Gasteiger partial charge in [0.15, 0.2) is 5.75 Å². The first-order valence-electron chi connectivity index (χ1n) is 9.18. The Morgan fingerprint density at radius 2 is 1.73 bits per heavy atom. The van der Waals surface area contributed by atoms with Crippen LogP contribution in [0.5, 0.6) is 23.0 Å². The number of phenolic OH excluding ortho intramolecular Hbond substituents is 1. The minimum Gasteiger partial charge on any atom is -0.507 e. The van der Waals surface area contributed by atoms with Crippen molar-refractivity contribution in [1.82, 2.24) is 10.2 Å². The van der Waals surface area contributed by atoms with Crippen molar-refractivity contribution < 1.29 is 14.6 Å². The van der Waals surface area contributed by atoms with Gasteiger partial charge in [-0.15, -0.1) is 0 Å². The third-order valence-electron chi connectivity index (χ3n) is 4.51. The van der Waals surface area contributed by atoms with Crippen molar-refractivity contribution in [2.24, 2.45) is 0 Å². The molecule has 2 N–H and O–H groups in total. The molecule has 0 aliphatic heterocycles. The van der Waals surface area contributed by atoms with Crippen LogP contribution in [0.4, 0.5) is 0 Å². The van der Waals surface area contributed by atoms with Gasteiger partial charge in [0.25, 0.3) is 0 Å². The molecule has 3 aromatic carbocycles. The van der Waals surface area contributed by atoms with Gasteiger partial charge in [-0.05, 0) is 48.9 Å². The van der Waals surface area contributed by atoms with Crippen LogP contribution in [0.1, 0.15) is 11.1 Å². The number of rotatable bonds is 6. The molecule has 1 heterocycles. The van der Waals surface area contributed by atoms with E-state index in [2.05, 4.69) is 10.2 Å². The second kappa shape index (κ2) is 8.69. The minimum atomic E-state index is 0.0242. The highest BCUT2D eigenvalue weighted by Gasteiger charge is 2.15. The van der Waals surface area contributed by atoms with Crippen LogP contribution in [0.3, 0.4) is 0 Å². The SMILES string of the molecule is Cc1cccc(Oc2cn[nH]c2-c2ccc(OCc3c(Cl)cccc3Cl)cc2O)c1. The predicted octanol–water partition coefficient (Wildman–Crippen LogP) is 6.77. The van der Waals surface area contributed by atoms with Gasteiger partial charge in [0.1, 0.15) is 29.5 Å². The number of phenols is 1. The molecule has 0 saturated carbocycles. The van der Waals surface area contributed by atoms with Crippen LogP contribution in [-0.4, -0.2) is 15.3 Å². The quantitative estimate of drug-likeness (QED) is 0.347. The Labute approximate surface area is 183 Å². The summed E-state index contributed by atoms with van der Waals surface area (Å²) in [7, 11) is 0. The molecule has 0 aliphatic carbocycles. The molecule has 4 aromatic rings. The predicted molar refractivity (Wildman–Crippen MR) is 118 cm³/mol. The molecule has 1 aromatic heterocycles. The second-order valence-corrected chi connectivity index (χ2v) is 7.51. The summed E-state index contributed by atoms with van der Waals surface area (Å²) in [4.78, 5) is 0. The molecule has 4 rings (SSSR count). The van der Waals surface area contributed by atoms with E-state index in [0.717, 1.165) is 5.56 Å². The summed E-state index contributed by atoms with van der Waals surface area (Å²) in [6, 6.07) is 18.0. The smallest absolute Gasteiger partial charge is 0.173 e. The van der Waals surface area contributed by atoms with Crippen LogP contribution in [0, 0.1) is 6.92 Å². The number of aromatic nitrogens is 2. The summed E-state index contributed by atoms with van der Waals surface area (Å²) >= 11 is 12.3. The number of nitrogens with one attached hydrogen (secondary N) is 1. The van der Waals surface area contributed by atoms with Crippen LogP contribution in [0.15, 0.2) is 66.9 Å². The zero-order valence-corrected chi connectivity index (χ0v) is 17.5. The number of nitrogens with zero attached hydrogens (tertiary/aromatic N) is 1. The molecular formula is C23H18Cl2N2O3. The summed E-state index contributed by atoms with van der Waals surface area (Å²) < 4.78 is 11.7. The Kier molecular flexibility index (Phi) is 5.84. The number of hydrogen-bond donors (Lipinski definition) is 2. The summed E-state index contributed by atoms with van der Waals surface area (Å²) in [5.74, 6) is 1.70. The Balaban J connectivity index is 1.54. The van der Waals surface area contributed by atoms with E-state index in [9.17, 15) is 5.11 Å². The first kappa shape index (κ1) is 20.1. The highest BCUT2D eigenvalue weighted by molar-refractivity contribution is 6.35. The molecule has 0 unspecified atom stereocenters. The number of aryl methyl sites for hydroxylation is 1. The molecule has 0 aliphatic rings. The Morgan fingerprint density at radius 3 is 2.47 bits per heavy atom. The van der Waals surface area contributed by atoms with Crippen molar-refractivity contribution in [3.63, 3.8) is 0 Å². The van der Waals surface area contributed by atoms with E-state index >= 15 is 0 Å². The van der Waals surface area contributed by atoms with E-state index in [1.54, 1.807) is 36.5 Å². The number of H-pyrrole nitrogens is 1. The van der Waals surface area contributed by atoms with Gasteiger partial charge in [0, 0.05) is 27.2 Å². The number of ether oxygens (including phenoxy) is 2. The van der Waals surface area contributed by atoms with E-state index in [4.69, 9.17) is 32.7 Å². The van der Waals surface area contributed by atoms with E-state index < -0.39 is 0 Å². The lowest BCUT2D eigenvalue weighted by atomic mass is 10.1. The third kappa shape index (κ3) is 4.37. The van der Waals surface area contributed by atoms with Gasteiger partial charge in [-0.3, -0.25) is 5.10 Å². The first-order chi connectivity index (χ1) is 14.5. The van der Waals surface area contributed by atoms with Gasteiger partial charge >= 0.3 is 0 Å². The average Bonchev–Trinajstić information content (AvgIpc) is 3.15. The van der Waals surface area contributed by atoms with Crippen LogP contribution < -0.4 is 9.47 Å². The first-order valence-corrected chi connectivity index (χ1v) is 9.94. The molecule has 5 nitrogen and oxygen atoms in total. The van der Waals surface area contributed by atoms with Gasteiger partial charge in [-0.1, -0.05) is 41.4 Å². The molecule has 0 spiro atoms. The topological polar surface area (TPSA) is 67.4 Å². The Bertz CT molecular complexity index is 1170. The van der Waals surface area contributed by atoms with Gasteiger partial charge in [-0.25, -0.2) is 0 Å². The fourth-order valence-corrected chi connectivity index (χ4v) is 3.50. The summed E-state index contributed by atoms with van der Waals surface area (Å²) in [5.41, 5.74) is 2.88. The number of benzene rings is 3. The van der Waals surface area contributed by atoms with Gasteiger partial charge in [0.2, 0.25) is 0 Å². The van der Waals surface area contributed by atoms with Crippen molar-refractivity contribution in [3.8, 4) is 34.3 Å². The van der Waals surface area contributed by atoms with E-state index in [0.29, 0.717) is 44.1 Å². The maximum Gasteiger partial charge on any atom is 0.173 e. The lowest BCUT2D eigenvalue weighted by molar-refractivity contribution is 0.304. The monoisotopic (exact) mass is 440 g/mol. The van der Waals surface area contributed by atoms with Gasteiger partial charge in [-0.2, -0.15) is 5.10 Å². The highest BCUT2D eigenvalue weighted by atomic mass is 35.5. The van der Waals surface area contributed by atoms with Crippen molar-refractivity contribution in [2.75, 3.05) is 0 Å². The summed E-state index contributed by atoms with van der Waals surface area (Å²) in [5, 5.41) is 18.6. The molecule has 0 amide bonds. The highest BCUT2D eigenvalue weighted by Crippen LogP contribution is 2.38. The zero-order valence-electron chi connectivity index (χ0n) is 16.0. The molecule has 7 heteroatoms. The molecule has 0 atom stereocenters. The van der Waals surface area contributed by atoms with Crippen LogP contribution in [-0.2, 0) is 6.61 Å². The zero-order chi connectivity index (χ0) is 21.1. The molecule has 0 saturated heterocycles. The number of aromatic amines is 1. The van der Waals surface area contributed by atoms with Crippen molar-refractivity contribution in [1.29, 1.82) is 0 Å². The third-order valence-corrected chi connectivity index (χ3v) is 5.21. The Morgan fingerprint density at radius 1 is 0.967 bits per heavy atom. The van der Waals surface area contributed by atoms with Crippen LogP contribution in [0.25, 0.3) is 11.3 Å². The summed E-state index contributed by atoms with van der Waals surface area (Å²) in [6.45, 7) is 2.17. The largest absolute Gasteiger partial charge is 0.507 e. The maximum atomic E-state index is 10.6. The van der Waals surface area contributed by atoms with E-state index in [1.807, 2.05) is 31.2 Å².